The number of hydrogen-bond acceptors (Lipinski definition) is 0. The minimum atomic E-state index is 0.885. The van der Waals surface area contributed by atoms with Gasteiger partial charge in [0, 0.05) is 0 Å². The standard InChI is InChI=1S/C18H38/c1-6-7-8-12-17(4)14-10-15-18(5)13-9-11-16(2)3/h16-18H,6-15H2,1-5H3/t17?,18-/m1/s1. The van der Waals surface area contributed by atoms with Crippen molar-refractivity contribution in [3.63, 3.8) is 0 Å². The molecular formula is C18H38. The lowest BCUT2D eigenvalue weighted by atomic mass is 9.92. The van der Waals surface area contributed by atoms with E-state index >= 15 is 0 Å². The number of rotatable bonds is 12. The van der Waals surface area contributed by atoms with Crippen LogP contribution in [0.4, 0.5) is 0 Å². The third kappa shape index (κ3) is 12.5. The first kappa shape index (κ1) is 18.0. The Balaban J connectivity index is 3.35. The molecule has 0 aliphatic carbocycles. The van der Waals surface area contributed by atoms with Crippen molar-refractivity contribution in [3.05, 3.63) is 0 Å². The minimum Gasteiger partial charge on any atom is -0.0654 e. The van der Waals surface area contributed by atoms with E-state index in [2.05, 4.69) is 34.6 Å². The third-order valence-electron chi connectivity index (χ3n) is 4.17. The molecule has 0 bridgehead atoms. The summed E-state index contributed by atoms with van der Waals surface area (Å²) in [5.74, 6) is 2.79. The largest absolute Gasteiger partial charge is 0.0654 e. The Hall–Kier alpha value is 0. The maximum absolute atomic E-state index is 2.45. The van der Waals surface area contributed by atoms with E-state index < -0.39 is 0 Å². The van der Waals surface area contributed by atoms with Crippen LogP contribution in [-0.4, -0.2) is 0 Å². The fourth-order valence-corrected chi connectivity index (χ4v) is 2.72. The highest BCUT2D eigenvalue weighted by Crippen LogP contribution is 2.21. The van der Waals surface area contributed by atoms with Gasteiger partial charge < -0.3 is 0 Å². The van der Waals surface area contributed by atoms with Crippen LogP contribution in [0.5, 0.6) is 0 Å². The van der Waals surface area contributed by atoms with Gasteiger partial charge in [0.15, 0.2) is 0 Å². The Kier molecular flexibility index (Phi) is 12.1. The second-order valence-electron chi connectivity index (χ2n) is 6.96. The highest BCUT2D eigenvalue weighted by Gasteiger charge is 2.06. The lowest BCUT2D eigenvalue weighted by Crippen LogP contribution is -2.00. The van der Waals surface area contributed by atoms with Crippen LogP contribution in [0.1, 0.15) is 98.8 Å². The molecule has 0 N–H and O–H groups in total. The summed E-state index contributed by atoms with van der Waals surface area (Å²) in [5, 5.41) is 0. The first-order chi connectivity index (χ1) is 8.56. The fourth-order valence-electron chi connectivity index (χ4n) is 2.72. The van der Waals surface area contributed by atoms with Crippen molar-refractivity contribution in [3.8, 4) is 0 Å². The molecular weight excluding hydrogens is 216 g/mol. The molecule has 18 heavy (non-hydrogen) atoms. The van der Waals surface area contributed by atoms with Crippen LogP contribution in [0.15, 0.2) is 0 Å². The number of unbranched alkanes of at least 4 members (excludes halogenated alkanes) is 2. The van der Waals surface area contributed by atoms with E-state index in [0.29, 0.717) is 0 Å². The van der Waals surface area contributed by atoms with E-state index in [0.717, 1.165) is 17.8 Å². The monoisotopic (exact) mass is 254 g/mol. The molecule has 0 heteroatoms. The summed E-state index contributed by atoms with van der Waals surface area (Å²) in [6.45, 7) is 11.9. The fraction of sp³-hybridized carbons (Fsp3) is 1.00. The van der Waals surface area contributed by atoms with Gasteiger partial charge >= 0.3 is 0 Å². The van der Waals surface area contributed by atoms with Crippen LogP contribution in [0, 0.1) is 17.8 Å². The van der Waals surface area contributed by atoms with E-state index in [9.17, 15) is 0 Å². The highest BCUT2D eigenvalue weighted by molar-refractivity contribution is 4.59. The van der Waals surface area contributed by atoms with Gasteiger partial charge in [-0.2, -0.15) is 0 Å². The van der Waals surface area contributed by atoms with E-state index in [-0.39, 0.29) is 0 Å². The lowest BCUT2D eigenvalue weighted by molar-refractivity contribution is 0.387. The smallest absolute Gasteiger partial charge is 0.0443 e. The van der Waals surface area contributed by atoms with Crippen molar-refractivity contribution in [1.82, 2.24) is 0 Å². The maximum atomic E-state index is 2.45. The zero-order valence-corrected chi connectivity index (χ0v) is 13.8. The van der Waals surface area contributed by atoms with Crippen LogP contribution in [0.25, 0.3) is 0 Å². The van der Waals surface area contributed by atoms with Gasteiger partial charge in [-0.25, -0.2) is 0 Å². The molecule has 0 saturated carbocycles. The molecule has 1 unspecified atom stereocenters. The van der Waals surface area contributed by atoms with E-state index in [1.54, 1.807) is 0 Å². The van der Waals surface area contributed by atoms with Gasteiger partial charge in [-0.3, -0.25) is 0 Å². The molecule has 0 aliphatic heterocycles. The molecule has 0 aromatic carbocycles. The van der Waals surface area contributed by atoms with Gasteiger partial charge in [-0.1, -0.05) is 98.8 Å². The highest BCUT2D eigenvalue weighted by atomic mass is 14.1. The lowest BCUT2D eigenvalue weighted by Gasteiger charge is -2.14. The van der Waals surface area contributed by atoms with Crippen LogP contribution in [0.2, 0.25) is 0 Å². The molecule has 0 aliphatic rings. The van der Waals surface area contributed by atoms with Gasteiger partial charge in [-0.05, 0) is 17.8 Å². The van der Waals surface area contributed by atoms with Crippen molar-refractivity contribution in [2.45, 2.75) is 98.8 Å². The summed E-state index contributed by atoms with van der Waals surface area (Å²) in [7, 11) is 0. The van der Waals surface area contributed by atoms with Gasteiger partial charge in [-0.15, -0.1) is 0 Å². The molecule has 0 amide bonds. The Labute approximate surface area is 117 Å². The topological polar surface area (TPSA) is 0 Å². The van der Waals surface area contributed by atoms with E-state index in [1.165, 1.54) is 64.2 Å². The Bertz CT molecular complexity index is 159. The molecule has 0 fully saturated rings. The molecule has 0 heterocycles. The number of hydrogen-bond donors (Lipinski definition) is 0. The van der Waals surface area contributed by atoms with Crippen molar-refractivity contribution in [1.29, 1.82) is 0 Å². The summed E-state index contributed by atoms with van der Waals surface area (Å²) < 4.78 is 0. The summed E-state index contributed by atoms with van der Waals surface area (Å²) in [5.41, 5.74) is 0. The van der Waals surface area contributed by atoms with Crippen molar-refractivity contribution in [2.24, 2.45) is 17.8 Å². The first-order valence-corrected chi connectivity index (χ1v) is 8.56. The Morgan fingerprint density at radius 2 is 1.00 bits per heavy atom. The summed E-state index contributed by atoms with van der Waals surface area (Å²) in [6, 6.07) is 0. The molecule has 0 aromatic rings. The molecule has 2 atom stereocenters. The minimum absolute atomic E-state index is 0.885. The molecule has 0 spiro atoms. The SMILES string of the molecule is CCCCCC(C)CCC[C@H](C)CCCC(C)C. The van der Waals surface area contributed by atoms with E-state index in [1.807, 2.05) is 0 Å². The quantitative estimate of drug-likeness (QED) is 0.335. The molecule has 110 valence electrons. The summed E-state index contributed by atoms with van der Waals surface area (Å²) >= 11 is 0. The van der Waals surface area contributed by atoms with Gasteiger partial charge in [0.1, 0.15) is 0 Å². The maximum Gasteiger partial charge on any atom is -0.0443 e. The van der Waals surface area contributed by atoms with Crippen LogP contribution in [-0.2, 0) is 0 Å². The molecule has 0 nitrogen and oxygen atoms in total. The van der Waals surface area contributed by atoms with E-state index in [4.69, 9.17) is 0 Å². The molecule has 0 rings (SSSR count). The van der Waals surface area contributed by atoms with Crippen LogP contribution >= 0.6 is 0 Å². The Morgan fingerprint density at radius 3 is 1.44 bits per heavy atom. The first-order valence-electron chi connectivity index (χ1n) is 8.56. The molecule has 0 saturated heterocycles. The summed E-state index contributed by atoms with van der Waals surface area (Å²) in [6.07, 6.45) is 14.3. The van der Waals surface area contributed by atoms with Crippen molar-refractivity contribution in [2.75, 3.05) is 0 Å². The van der Waals surface area contributed by atoms with Gasteiger partial charge in [0.25, 0.3) is 0 Å². The van der Waals surface area contributed by atoms with Crippen LogP contribution < -0.4 is 0 Å². The second kappa shape index (κ2) is 12.1. The molecule has 0 aromatic heterocycles. The van der Waals surface area contributed by atoms with Gasteiger partial charge in [0.05, 0.1) is 0 Å². The normalized spacial score (nSPS) is 15.0. The van der Waals surface area contributed by atoms with Gasteiger partial charge in [0.2, 0.25) is 0 Å². The third-order valence-corrected chi connectivity index (χ3v) is 4.17. The second-order valence-corrected chi connectivity index (χ2v) is 6.96. The summed E-state index contributed by atoms with van der Waals surface area (Å²) in [4.78, 5) is 0. The van der Waals surface area contributed by atoms with Crippen molar-refractivity contribution >= 4 is 0 Å². The zero-order chi connectivity index (χ0) is 13.8. The average Bonchev–Trinajstić information content (AvgIpc) is 2.29. The van der Waals surface area contributed by atoms with Crippen LogP contribution in [0.3, 0.4) is 0 Å². The Morgan fingerprint density at radius 1 is 0.556 bits per heavy atom. The predicted octanol–water partition coefficient (Wildman–Crippen LogP) is 6.84. The zero-order valence-electron chi connectivity index (χ0n) is 13.8. The van der Waals surface area contributed by atoms with Crippen molar-refractivity contribution < 1.29 is 0 Å². The average molecular weight is 255 g/mol. The molecule has 0 radical (unpaired) electrons. The predicted molar refractivity (Wildman–Crippen MR) is 85.0 cm³/mol.